The summed E-state index contributed by atoms with van der Waals surface area (Å²) in [5, 5.41) is 8.99. The fraction of sp³-hybridized carbons (Fsp3) is 0.600. The summed E-state index contributed by atoms with van der Waals surface area (Å²) in [7, 11) is 1.71. The minimum Gasteiger partial charge on any atom is -0.480 e. The summed E-state index contributed by atoms with van der Waals surface area (Å²) < 4.78 is 0. The quantitative estimate of drug-likeness (QED) is 0.607. The maximum atomic E-state index is 13.2. The fourth-order valence-corrected chi connectivity index (χ4v) is 5.96. The van der Waals surface area contributed by atoms with E-state index in [2.05, 4.69) is 9.80 Å². The highest BCUT2D eigenvalue weighted by atomic mass is 16.4. The molecule has 4 heterocycles. The van der Waals surface area contributed by atoms with Crippen LogP contribution in [0.4, 0.5) is 5.69 Å². The van der Waals surface area contributed by atoms with Crippen LogP contribution in [0, 0.1) is 0 Å². The number of likely N-dealkylation sites (tertiary alicyclic amines) is 2. The number of imide groups is 1. The molecule has 10 nitrogen and oxygen atoms in total. The number of hydrogen-bond acceptors (Lipinski definition) is 7. The van der Waals surface area contributed by atoms with E-state index in [1.54, 1.807) is 18.0 Å². The third-order valence-corrected chi connectivity index (χ3v) is 7.98. The van der Waals surface area contributed by atoms with Crippen molar-refractivity contribution in [2.24, 2.45) is 0 Å². The van der Waals surface area contributed by atoms with E-state index in [1.165, 1.54) is 4.90 Å². The van der Waals surface area contributed by atoms with Crippen molar-refractivity contribution in [3.63, 3.8) is 0 Å². The standard InChI is InChI=1S/C25H33N5O5/c1-26-15-19(3-5-22(26)31)30-24(34)20-4-2-18(14-21(20)25(30)35)29-12-10-28(11-13-29)17-6-8-27(9-7-17)16-23(32)33/h2,4,14,17,19H,3,5-13,15-16H2,1H3,(H,32,33). The molecule has 3 saturated heterocycles. The number of carbonyl (C=O) groups is 4. The molecule has 1 unspecified atom stereocenters. The molecule has 1 N–H and O–H groups in total. The first kappa shape index (κ1) is 23.7. The molecular weight excluding hydrogens is 450 g/mol. The van der Waals surface area contributed by atoms with Gasteiger partial charge in [0, 0.05) is 71.0 Å². The molecule has 4 aliphatic heterocycles. The average molecular weight is 484 g/mol. The number of benzene rings is 1. The molecule has 1 aromatic carbocycles. The van der Waals surface area contributed by atoms with Gasteiger partial charge in [0.05, 0.1) is 23.7 Å². The second-order valence-electron chi connectivity index (χ2n) is 10.1. The van der Waals surface area contributed by atoms with E-state index in [0.717, 1.165) is 57.8 Å². The van der Waals surface area contributed by atoms with Crippen molar-refractivity contribution in [3.05, 3.63) is 29.3 Å². The van der Waals surface area contributed by atoms with Crippen molar-refractivity contribution in [2.45, 2.75) is 37.8 Å². The number of piperazine rings is 1. The van der Waals surface area contributed by atoms with Gasteiger partial charge in [-0.25, -0.2) is 0 Å². The first-order chi connectivity index (χ1) is 16.8. The van der Waals surface area contributed by atoms with Crippen LogP contribution < -0.4 is 4.90 Å². The van der Waals surface area contributed by atoms with Crippen molar-refractivity contribution in [1.82, 2.24) is 19.6 Å². The summed E-state index contributed by atoms with van der Waals surface area (Å²) in [6.07, 6.45) is 2.84. The molecule has 0 radical (unpaired) electrons. The first-order valence-corrected chi connectivity index (χ1v) is 12.5. The van der Waals surface area contributed by atoms with Crippen LogP contribution >= 0.6 is 0 Å². The van der Waals surface area contributed by atoms with Crippen LogP contribution in [0.2, 0.25) is 0 Å². The third kappa shape index (κ3) is 4.64. The molecular formula is C25H33N5O5. The van der Waals surface area contributed by atoms with Gasteiger partial charge < -0.3 is 14.9 Å². The number of nitrogens with zero attached hydrogens (tertiary/aromatic N) is 5. The number of aliphatic carboxylic acids is 1. The Morgan fingerprint density at radius 1 is 0.914 bits per heavy atom. The Morgan fingerprint density at radius 2 is 1.60 bits per heavy atom. The van der Waals surface area contributed by atoms with Crippen LogP contribution in [0.5, 0.6) is 0 Å². The highest BCUT2D eigenvalue weighted by Crippen LogP contribution is 2.31. The lowest BCUT2D eigenvalue weighted by Crippen LogP contribution is -2.53. The number of rotatable bonds is 5. The molecule has 0 saturated carbocycles. The summed E-state index contributed by atoms with van der Waals surface area (Å²) in [5.74, 6) is -1.24. The topological polar surface area (TPSA) is 105 Å². The summed E-state index contributed by atoms with van der Waals surface area (Å²) in [5.41, 5.74) is 1.86. The summed E-state index contributed by atoms with van der Waals surface area (Å²) in [4.78, 5) is 58.7. The van der Waals surface area contributed by atoms with Crippen LogP contribution in [0.25, 0.3) is 0 Å². The predicted molar refractivity (Wildman–Crippen MR) is 128 cm³/mol. The van der Waals surface area contributed by atoms with Crippen molar-refractivity contribution >= 4 is 29.4 Å². The van der Waals surface area contributed by atoms with Crippen LogP contribution in [0.3, 0.4) is 0 Å². The lowest BCUT2D eigenvalue weighted by Gasteiger charge is -2.43. The van der Waals surface area contributed by atoms with E-state index in [-0.39, 0.29) is 30.3 Å². The third-order valence-electron chi connectivity index (χ3n) is 7.98. The molecule has 35 heavy (non-hydrogen) atoms. The summed E-state index contributed by atoms with van der Waals surface area (Å²) in [6.45, 7) is 5.66. The highest BCUT2D eigenvalue weighted by Gasteiger charge is 2.42. The van der Waals surface area contributed by atoms with Crippen molar-refractivity contribution in [2.75, 3.05) is 64.3 Å². The number of amides is 3. The normalized spacial score (nSPS) is 24.9. The zero-order chi connectivity index (χ0) is 24.7. The van der Waals surface area contributed by atoms with Crippen LogP contribution in [-0.2, 0) is 9.59 Å². The molecule has 5 rings (SSSR count). The molecule has 3 fully saturated rings. The zero-order valence-electron chi connectivity index (χ0n) is 20.2. The maximum absolute atomic E-state index is 13.2. The zero-order valence-corrected chi connectivity index (χ0v) is 20.2. The molecule has 0 spiro atoms. The molecule has 0 bridgehead atoms. The van der Waals surface area contributed by atoms with E-state index in [4.69, 9.17) is 5.11 Å². The van der Waals surface area contributed by atoms with E-state index in [0.29, 0.717) is 36.6 Å². The van der Waals surface area contributed by atoms with Gasteiger partial charge in [0.25, 0.3) is 11.8 Å². The van der Waals surface area contributed by atoms with E-state index >= 15 is 0 Å². The molecule has 4 aliphatic rings. The Kier molecular flexibility index (Phi) is 6.50. The number of carboxylic acids is 1. The summed E-state index contributed by atoms with van der Waals surface area (Å²) in [6, 6.07) is 5.76. The van der Waals surface area contributed by atoms with Gasteiger partial charge in [-0.3, -0.25) is 33.9 Å². The molecule has 0 aromatic heterocycles. The van der Waals surface area contributed by atoms with Crippen molar-refractivity contribution < 1.29 is 24.3 Å². The van der Waals surface area contributed by atoms with Gasteiger partial charge in [-0.05, 0) is 37.5 Å². The smallest absolute Gasteiger partial charge is 0.317 e. The predicted octanol–water partition coefficient (Wildman–Crippen LogP) is 0.574. The molecule has 1 aromatic rings. The SMILES string of the molecule is CN1CC(N2C(=O)c3ccc(N4CCN(C5CCN(CC(=O)O)CC5)CC4)cc3C2=O)CCC1=O. The Labute approximate surface area is 205 Å². The molecule has 10 heteroatoms. The van der Waals surface area contributed by atoms with Gasteiger partial charge in [-0.15, -0.1) is 0 Å². The number of hydrogen-bond donors (Lipinski definition) is 1. The average Bonchev–Trinajstić information content (AvgIpc) is 3.10. The Balaban J connectivity index is 1.20. The maximum Gasteiger partial charge on any atom is 0.317 e. The fourth-order valence-electron chi connectivity index (χ4n) is 5.96. The van der Waals surface area contributed by atoms with Crippen molar-refractivity contribution in [3.8, 4) is 0 Å². The minimum atomic E-state index is -0.768. The molecule has 1 atom stereocenters. The minimum absolute atomic E-state index is 0.0464. The van der Waals surface area contributed by atoms with Crippen LogP contribution in [0.15, 0.2) is 18.2 Å². The number of fused-ring (bicyclic) bond motifs is 1. The number of piperidine rings is 2. The first-order valence-electron chi connectivity index (χ1n) is 12.5. The highest BCUT2D eigenvalue weighted by molar-refractivity contribution is 6.22. The van der Waals surface area contributed by atoms with Crippen LogP contribution in [-0.4, -0.2) is 120 Å². The van der Waals surface area contributed by atoms with Crippen molar-refractivity contribution in [1.29, 1.82) is 0 Å². The second kappa shape index (κ2) is 9.58. The Hall–Kier alpha value is -2.98. The Morgan fingerprint density at radius 3 is 2.26 bits per heavy atom. The van der Waals surface area contributed by atoms with E-state index in [1.807, 2.05) is 17.0 Å². The van der Waals surface area contributed by atoms with Gasteiger partial charge in [-0.2, -0.15) is 0 Å². The number of carboxylic acid groups (broad SMARTS) is 1. The second-order valence-corrected chi connectivity index (χ2v) is 10.1. The number of carbonyl (C=O) groups excluding carboxylic acids is 3. The lowest BCUT2D eigenvalue weighted by molar-refractivity contribution is -0.138. The van der Waals surface area contributed by atoms with Crippen LogP contribution in [0.1, 0.15) is 46.4 Å². The molecule has 3 amide bonds. The van der Waals surface area contributed by atoms with Gasteiger partial charge in [0.1, 0.15) is 0 Å². The lowest BCUT2D eigenvalue weighted by atomic mass is 10.0. The summed E-state index contributed by atoms with van der Waals surface area (Å²) >= 11 is 0. The largest absolute Gasteiger partial charge is 0.480 e. The number of anilines is 1. The molecule has 0 aliphatic carbocycles. The van der Waals surface area contributed by atoms with E-state index in [9.17, 15) is 19.2 Å². The van der Waals surface area contributed by atoms with Gasteiger partial charge >= 0.3 is 5.97 Å². The number of likely N-dealkylation sites (N-methyl/N-ethyl adjacent to an activating group) is 1. The van der Waals surface area contributed by atoms with Gasteiger partial charge in [-0.1, -0.05) is 0 Å². The van der Waals surface area contributed by atoms with Gasteiger partial charge in [0.2, 0.25) is 5.91 Å². The Bertz CT molecular complexity index is 1030. The molecule has 188 valence electrons. The van der Waals surface area contributed by atoms with Gasteiger partial charge in [0.15, 0.2) is 0 Å². The van der Waals surface area contributed by atoms with E-state index < -0.39 is 5.97 Å². The monoisotopic (exact) mass is 483 g/mol.